The molecule has 0 spiro atoms. The van der Waals surface area contributed by atoms with Crippen LogP contribution in [0, 0.1) is 0 Å². The average molecular weight is 229 g/mol. The Morgan fingerprint density at radius 3 is 2.93 bits per heavy atom. The zero-order valence-electron chi connectivity index (χ0n) is 8.46. The van der Waals surface area contributed by atoms with Crippen LogP contribution >= 0.6 is 0 Å². The fraction of sp³-hybridized carbons (Fsp3) is 0.400. The summed E-state index contributed by atoms with van der Waals surface area (Å²) in [7, 11) is -3.84. The maximum atomic E-state index is 10.5. The number of allylic oxidation sites excluding steroid dienone is 3. The third-order valence-corrected chi connectivity index (χ3v) is 2.94. The molecule has 1 N–H and O–H groups in total. The van der Waals surface area contributed by atoms with Crippen LogP contribution in [0.5, 0.6) is 0 Å². The van der Waals surface area contributed by atoms with Crippen molar-refractivity contribution in [1.29, 1.82) is 0 Å². The Labute approximate surface area is 90.3 Å². The zero-order valence-corrected chi connectivity index (χ0v) is 9.28. The quantitative estimate of drug-likeness (QED) is 0.720. The van der Waals surface area contributed by atoms with E-state index >= 15 is 0 Å². The molecule has 1 aliphatic rings. The maximum absolute atomic E-state index is 10.5. The number of rotatable bonds is 5. The van der Waals surface area contributed by atoms with Crippen molar-refractivity contribution >= 4 is 10.1 Å². The van der Waals surface area contributed by atoms with Crippen LogP contribution in [-0.2, 0) is 10.1 Å². The van der Waals surface area contributed by atoms with Crippen LogP contribution in [0.25, 0.3) is 0 Å². The molecule has 0 aromatic heterocycles. The Kier molecular flexibility index (Phi) is 4.11. The Bertz CT molecular complexity index is 381. The molecule has 0 unspecified atom stereocenters. The minimum Gasteiger partial charge on any atom is -0.368 e. The Morgan fingerprint density at radius 2 is 2.33 bits per heavy atom. The molecule has 0 aromatic rings. The van der Waals surface area contributed by atoms with Gasteiger partial charge >= 0.3 is 0 Å². The predicted octanol–water partition coefficient (Wildman–Crippen LogP) is 1.21. The largest absolute Gasteiger partial charge is 0.368 e. The van der Waals surface area contributed by atoms with E-state index in [4.69, 9.17) is 4.55 Å². The summed E-state index contributed by atoms with van der Waals surface area (Å²) in [4.78, 5) is 2.01. The lowest BCUT2D eigenvalue weighted by Crippen LogP contribution is -2.26. The molecule has 4 nitrogen and oxygen atoms in total. The molecule has 0 aromatic carbocycles. The highest BCUT2D eigenvalue weighted by Gasteiger charge is 2.10. The number of hydrogen-bond acceptors (Lipinski definition) is 3. The zero-order chi connectivity index (χ0) is 11.3. The highest BCUT2D eigenvalue weighted by Crippen LogP contribution is 2.11. The summed E-state index contributed by atoms with van der Waals surface area (Å²) in [6, 6.07) is 0. The molecule has 0 radical (unpaired) electrons. The van der Waals surface area contributed by atoms with Crippen molar-refractivity contribution in [3.63, 3.8) is 0 Å². The molecule has 5 heteroatoms. The summed E-state index contributed by atoms with van der Waals surface area (Å²) >= 11 is 0. The van der Waals surface area contributed by atoms with Crippen molar-refractivity contribution in [2.24, 2.45) is 0 Å². The molecule has 1 heterocycles. The van der Waals surface area contributed by atoms with Crippen LogP contribution in [0.3, 0.4) is 0 Å². The van der Waals surface area contributed by atoms with Crippen molar-refractivity contribution < 1.29 is 13.0 Å². The monoisotopic (exact) mass is 229 g/mol. The van der Waals surface area contributed by atoms with Crippen LogP contribution in [-0.4, -0.2) is 36.7 Å². The van der Waals surface area contributed by atoms with Crippen LogP contribution in [0.1, 0.15) is 6.42 Å². The van der Waals surface area contributed by atoms with Crippen LogP contribution in [0.2, 0.25) is 0 Å². The van der Waals surface area contributed by atoms with Crippen molar-refractivity contribution in [1.82, 2.24) is 4.90 Å². The SMILES string of the molecule is C=CC1=CC=CCN1CCCS(=O)(=O)O. The van der Waals surface area contributed by atoms with Gasteiger partial charge in [0.05, 0.1) is 5.75 Å². The van der Waals surface area contributed by atoms with E-state index in [0.717, 1.165) is 12.2 Å². The molecule has 1 rings (SSSR count). The normalized spacial score (nSPS) is 16.3. The van der Waals surface area contributed by atoms with Crippen LogP contribution < -0.4 is 0 Å². The lowest BCUT2D eigenvalue weighted by atomic mass is 10.2. The van der Waals surface area contributed by atoms with Gasteiger partial charge in [0.1, 0.15) is 0 Å². The first-order valence-electron chi connectivity index (χ1n) is 4.72. The second-order valence-electron chi connectivity index (χ2n) is 3.31. The molecule has 0 aliphatic carbocycles. The smallest absolute Gasteiger partial charge is 0.264 e. The maximum Gasteiger partial charge on any atom is 0.264 e. The molecule has 0 fully saturated rings. The topological polar surface area (TPSA) is 57.6 Å². The van der Waals surface area contributed by atoms with Crippen molar-refractivity contribution in [3.05, 3.63) is 36.6 Å². The summed E-state index contributed by atoms with van der Waals surface area (Å²) in [5, 5.41) is 0. The van der Waals surface area contributed by atoms with Gasteiger partial charge in [0, 0.05) is 18.8 Å². The summed E-state index contributed by atoms with van der Waals surface area (Å²) in [6.45, 7) is 5.03. The summed E-state index contributed by atoms with van der Waals surface area (Å²) in [5.74, 6) is -0.197. The second kappa shape index (κ2) is 5.14. The van der Waals surface area contributed by atoms with Crippen molar-refractivity contribution in [2.75, 3.05) is 18.8 Å². The van der Waals surface area contributed by atoms with Crippen LogP contribution in [0.15, 0.2) is 36.6 Å². The Morgan fingerprint density at radius 1 is 1.60 bits per heavy atom. The van der Waals surface area contributed by atoms with Gasteiger partial charge in [-0.3, -0.25) is 4.55 Å². The molecule has 84 valence electrons. The summed E-state index contributed by atoms with van der Waals surface area (Å²) in [6.07, 6.45) is 8.00. The van der Waals surface area contributed by atoms with Gasteiger partial charge in [-0.05, 0) is 18.6 Å². The Hall–Kier alpha value is -1.07. The van der Waals surface area contributed by atoms with E-state index in [0.29, 0.717) is 13.0 Å². The second-order valence-corrected chi connectivity index (χ2v) is 4.88. The first-order chi connectivity index (χ1) is 7.03. The van der Waals surface area contributed by atoms with E-state index in [9.17, 15) is 8.42 Å². The third-order valence-electron chi connectivity index (χ3n) is 2.13. The lowest BCUT2D eigenvalue weighted by Gasteiger charge is -2.26. The summed E-state index contributed by atoms with van der Waals surface area (Å²) < 4.78 is 29.6. The van der Waals surface area contributed by atoms with Gasteiger partial charge in [-0.25, -0.2) is 0 Å². The summed E-state index contributed by atoms with van der Waals surface area (Å²) in [5.41, 5.74) is 0.979. The highest BCUT2D eigenvalue weighted by molar-refractivity contribution is 7.85. The van der Waals surface area contributed by atoms with Crippen molar-refractivity contribution in [3.8, 4) is 0 Å². The average Bonchev–Trinajstić information content (AvgIpc) is 2.16. The first-order valence-corrected chi connectivity index (χ1v) is 6.33. The van der Waals surface area contributed by atoms with Gasteiger partial charge in [0.25, 0.3) is 10.1 Å². The highest BCUT2D eigenvalue weighted by atomic mass is 32.2. The molecule has 0 amide bonds. The Balaban J connectivity index is 2.43. The lowest BCUT2D eigenvalue weighted by molar-refractivity contribution is 0.384. The number of hydrogen-bond donors (Lipinski definition) is 1. The molecular formula is C10H15NO3S. The molecular weight excluding hydrogens is 214 g/mol. The molecule has 1 aliphatic heterocycles. The number of nitrogens with zero attached hydrogens (tertiary/aromatic N) is 1. The minimum absolute atomic E-state index is 0.197. The van der Waals surface area contributed by atoms with Gasteiger partial charge in [-0.1, -0.05) is 18.7 Å². The van der Waals surface area contributed by atoms with E-state index < -0.39 is 10.1 Å². The molecule has 0 saturated carbocycles. The molecule has 0 saturated heterocycles. The van der Waals surface area contributed by atoms with E-state index in [-0.39, 0.29) is 5.75 Å². The van der Waals surface area contributed by atoms with E-state index in [2.05, 4.69) is 6.58 Å². The fourth-order valence-electron chi connectivity index (χ4n) is 1.42. The van der Waals surface area contributed by atoms with E-state index in [1.807, 2.05) is 23.1 Å². The van der Waals surface area contributed by atoms with Gasteiger partial charge in [-0.15, -0.1) is 0 Å². The standard InChI is InChI=1S/C10H15NO3S/c1-2-10-6-3-4-7-11(10)8-5-9-15(12,13)14/h2-4,6H,1,5,7-9H2,(H,12,13,14). The first kappa shape index (κ1) is 12.0. The minimum atomic E-state index is -3.84. The van der Waals surface area contributed by atoms with Gasteiger partial charge in [0.2, 0.25) is 0 Å². The van der Waals surface area contributed by atoms with Gasteiger partial charge in [-0.2, -0.15) is 8.42 Å². The van der Waals surface area contributed by atoms with Crippen LogP contribution in [0.4, 0.5) is 0 Å². The van der Waals surface area contributed by atoms with E-state index in [1.54, 1.807) is 6.08 Å². The van der Waals surface area contributed by atoms with Gasteiger partial charge in [0.15, 0.2) is 0 Å². The predicted molar refractivity (Wildman–Crippen MR) is 60.0 cm³/mol. The fourth-order valence-corrected chi connectivity index (χ4v) is 1.91. The molecule has 0 bridgehead atoms. The van der Waals surface area contributed by atoms with Crippen molar-refractivity contribution in [2.45, 2.75) is 6.42 Å². The molecule has 15 heavy (non-hydrogen) atoms. The van der Waals surface area contributed by atoms with E-state index in [1.165, 1.54) is 0 Å². The third kappa shape index (κ3) is 4.31. The molecule has 0 atom stereocenters. The van der Waals surface area contributed by atoms with Gasteiger partial charge < -0.3 is 4.90 Å².